The molecule has 2 amide bonds. The summed E-state index contributed by atoms with van der Waals surface area (Å²) in [6, 6.07) is 7.68. The number of carbonyl (C=O) groups excluding carboxylic acids is 2. The summed E-state index contributed by atoms with van der Waals surface area (Å²) in [6.45, 7) is 4.74. The summed E-state index contributed by atoms with van der Waals surface area (Å²) in [5.41, 5.74) is 7.07. The molecule has 0 spiro atoms. The number of nitrogens with one attached hydrogen (secondary N) is 1. The minimum atomic E-state index is -0.406. The number of hydrogen-bond acceptors (Lipinski definition) is 3. The predicted octanol–water partition coefficient (Wildman–Crippen LogP) is 1.48. The van der Waals surface area contributed by atoms with Crippen LogP contribution in [-0.2, 0) is 9.59 Å². The third kappa shape index (κ3) is 6.14. The van der Waals surface area contributed by atoms with Gasteiger partial charge in [-0.3, -0.25) is 9.59 Å². The van der Waals surface area contributed by atoms with Crippen molar-refractivity contribution in [3.63, 3.8) is 0 Å². The number of nitrogens with zero attached hydrogens (tertiary/aromatic N) is 1. The van der Waals surface area contributed by atoms with Crippen LogP contribution in [-0.4, -0.2) is 32.0 Å². The van der Waals surface area contributed by atoms with Crippen molar-refractivity contribution in [3.8, 4) is 0 Å². The van der Waals surface area contributed by atoms with Gasteiger partial charge in [0.2, 0.25) is 11.8 Å². The number of aryl methyl sites for hydroxylation is 1. The smallest absolute Gasteiger partial charge is 0.231 e. The number of amides is 2. The lowest BCUT2D eigenvalue weighted by Gasteiger charge is -2.26. The number of carbonyl (C=O) groups is 2. The number of rotatable bonds is 7. The molecule has 21 heavy (non-hydrogen) atoms. The van der Waals surface area contributed by atoms with Crippen LogP contribution in [0.25, 0.3) is 0 Å². The Morgan fingerprint density at radius 1 is 1.38 bits per heavy atom. The SMILES string of the molecule is CNCC(C)C(=O)N(CCC(N)=O)c1cccc(C)c1.Cl. The van der Waals surface area contributed by atoms with Crippen LogP contribution in [0.4, 0.5) is 5.69 Å². The largest absolute Gasteiger partial charge is 0.370 e. The Bertz CT molecular complexity index is 480. The van der Waals surface area contributed by atoms with Crippen molar-refractivity contribution in [1.82, 2.24) is 5.32 Å². The Morgan fingerprint density at radius 3 is 2.57 bits per heavy atom. The summed E-state index contributed by atoms with van der Waals surface area (Å²) in [6.07, 6.45) is 0.159. The molecule has 1 unspecified atom stereocenters. The van der Waals surface area contributed by atoms with Crippen molar-refractivity contribution in [3.05, 3.63) is 29.8 Å². The van der Waals surface area contributed by atoms with Gasteiger partial charge in [0.15, 0.2) is 0 Å². The fraction of sp³-hybridized carbons (Fsp3) is 0.467. The molecule has 0 saturated carbocycles. The van der Waals surface area contributed by atoms with Crippen molar-refractivity contribution in [2.45, 2.75) is 20.3 Å². The molecule has 0 fully saturated rings. The van der Waals surface area contributed by atoms with E-state index >= 15 is 0 Å². The van der Waals surface area contributed by atoms with Gasteiger partial charge in [-0.1, -0.05) is 19.1 Å². The van der Waals surface area contributed by atoms with Gasteiger partial charge in [-0.2, -0.15) is 0 Å². The predicted molar refractivity (Wildman–Crippen MR) is 87.7 cm³/mol. The second kappa shape index (κ2) is 9.37. The molecule has 0 radical (unpaired) electrons. The Hall–Kier alpha value is -1.59. The summed E-state index contributed by atoms with van der Waals surface area (Å²) in [7, 11) is 1.81. The number of benzene rings is 1. The van der Waals surface area contributed by atoms with Crippen molar-refractivity contribution in [1.29, 1.82) is 0 Å². The minimum Gasteiger partial charge on any atom is -0.370 e. The van der Waals surface area contributed by atoms with E-state index in [4.69, 9.17) is 5.73 Å². The number of halogens is 1. The molecule has 0 saturated heterocycles. The quantitative estimate of drug-likeness (QED) is 0.800. The highest BCUT2D eigenvalue weighted by Crippen LogP contribution is 2.18. The molecule has 0 aromatic heterocycles. The zero-order chi connectivity index (χ0) is 15.1. The van der Waals surface area contributed by atoms with Crippen LogP contribution in [0.2, 0.25) is 0 Å². The van der Waals surface area contributed by atoms with Gasteiger partial charge in [0.05, 0.1) is 0 Å². The van der Waals surface area contributed by atoms with Crippen LogP contribution in [0.5, 0.6) is 0 Å². The molecular weight excluding hydrogens is 290 g/mol. The van der Waals surface area contributed by atoms with Gasteiger partial charge in [-0.15, -0.1) is 12.4 Å². The van der Waals surface area contributed by atoms with Crippen LogP contribution in [0.15, 0.2) is 24.3 Å². The topological polar surface area (TPSA) is 75.4 Å². The van der Waals surface area contributed by atoms with E-state index < -0.39 is 5.91 Å². The zero-order valence-electron chi connectivity index (χ0n) is 12.8. The molecule has 0 bridgehead atoms. The number of hydrogen-bond donors (Lipinski definition) is 2. The third-order valence-electron chi connectivity index (χ3n) is 3.09. The maximum absolute atomic E-state index is 12.5. The second-order valence-electron chi connectivity index (χ2n) is 5.00. The molecule has 0 aliphatic carbocycles. The van der Waals surface area contributed by atoms with E-state index in [1.165, 1.54) is 0 Å². The fourth-order valence-corrected chi connectivity index (χ4v) is 2.04. The first kappa shape index (κ1) is 19.4. The van der Waals surface area contributed by atoms with Crippen molar-refractivity contribution >= 4 is 29.9 Å². The Kier molecular flexibility index (Phi) is 8.66. The molecule has 5 nitrogen and oxygen atoms in total. The lowest BCUT2D eigenvalue weighted by atomic mass is 10.1. The molecule has 6 heteroatoms. The average Bonchev–Trinajstić information content (AvgIpc) is 2.38. The highest BCUT2D eigenvalue weighted by atomic mass is 35.5. The van der Waals surface area contributed by atoms with E-state index in [9.17, 15) is 9.59 Å². The van der Waals surface area contributed by atoms with E-state index in [0.717, 1.165) is 11.3 Å². The summed E-state index contributed by atoms with van der Waals surface area (Å²) < 4.78 is 0. The number of anilines is 1. The molecule has 1 atom stereocenters. The van der Waals surface area contributed by atoms with Crippen LogP contribution >= 0.6 is 12.4 Å². The molecule has 118 valence electrons. The zero-order valence-corrected chi connectivity index (χ0v) is 13.6. The Balaban J connectivity index is 0.00000400. The lowest BCUT2D eigenvalue weighted by Crippen LogP contribution is -2.40. The Labute approximate surface area is 132 Å². The minimum absolute atomic E-state index is 0. The molecular formula is C15H24ClN3O2. The summed E-state index contributed by atoms with van der Waals surface area (Å²) in [5, 5.41) is 2.99. The van der Waals surface area contributed by atoms with Gasteiger partial charge < -0.3 is 16.0 Å². The first-order chi connectivity index (χ1) is 9.45. The molecule has 0 aliphatic heterocycles. The maximum atomic E-state index is 12.5. The van der Waals surface area contributed by atoms with E-state index in [-0.39, 0.29) is 30.7 Å². The van der Waals surface area contributed by atoms with E-state index in [0.29, 0.717) is 13.1 Å². The standard InChI is InChI=1S/C15H23N3O2.ClH/c1-11-5-4-6-13(9-11)18(8-7-14(16)19)15(20)12(2)10-17-3;/h4-6,9,12,17H,7-8,10H2,1-3H3,(H2,16,19);1H. The van der Waals surface area contributed by atoms with Crippen LogP contribution in [0, 0.1) is 12.8 Å². The van der Waals surface area contributed by atoms with E-state index in [2.05, 4.69) is 5.32 Å². The van der Waals surface area contributed by atoms with Gasteiger partial charge >= 0.3 is 0 Å². The number of primary amides is 1. The van der Waals surface area contributed by atoms with Gasteiger partial charge in [0.25, 0.3) is 0 Å². The van der Waals surface area contributed by atoms with Gasteiger partial charge in [-0.25, -0.2) is 0 Å². The lowest BCUT2D eigenvalue weighted by molar-refractivity contribution is -0.122. The summed E-state index contributed by atoms with van der Waals surface area (Å²) in [5.74, 6) is -0.573. The molecule has 1 rings (SSSR count). The highest BCUT2D eigenvalue weighted by Gasteiger charge is 2.21. The average molecular weight is 314 g/mol. The van der Waals surface area contributed by atoms with Crippen molar-refractivity contribution < 1.29 is 9.59 Å². The molecule has 0 heterocycles. The van der Waals surface area contributed by atoms with Gasteiger partial charge in [0.1, 0.15) is 0 Å². The van der Waals surface area contributed by atoms with E-state index in [1.54, 1.807) is 4.90 Å². The maximum Gasteiger partial charge on any atom is 0.231 e. The first-order valence-electron chi connectivity index (χ1n) is 6.76. The van der Waals surface area contributed by atoms with Crippen molar-refractivity contribution in [2.24, 2.45) is 11.7 Å². The van der Waals surface area contributed by atoms with Crippen molar-refractivity contribution in [2.75, 3.05) is 25.0 Å². The number of nitrogens with two attached hydrogens (primary N) is 1. The van der Waals surface area contributed by atoms with Crippen LogP contribution in [0.3, 0.4) is 0 Å². The molecule has 1 aromatic rings. The van der Waals surface area contributed by atoms with Crippen LogP contribution in [0.1, 0.15) is 18.9 Å². The second-order valence-corrected chi connectivity index (χ2v) is 5.00. The summed E-state index contributed by atoms with van der Waals surface area (Å²) >= 11 is 0. The Morgan fingerprint density at radius 2 is 2.05 bits per heavy atom. The van der Waals surface area contributed by atoms with Gasteiger partial charge in [-0.05, 0) is 31.7 Å². The summed E-state index contributed by atoms with van der Waals surface area (Å²) in [4.78, 5) is 25.1. The molecule has 0 aliphatic rings. The fourth-order valence-electron chi connectivity index (χ4n) is 2.04. The molecule has 3 N–H and O–H groups in total. The monoisotopic (exact) mass is 313 g/mol. The third-order valence-corrected chi connectivity index (χ3v) is 3.09. The van der Waals surface area contributed by atoms with E-state index in [1.807, 2.05) is 45.2 Å². The first-order valence-corrected chi connectivity index (χ1v) is 6.76. The highest BCUT2D eigenvalue weighted by molar-refractivity contribution is 5.95. The molecule has 1 aromatic carbocycles. The van der Waals surface area contributed by atoms with Gasteiger partial charge in [0, 0.05) is 31.1 Å². The van der Waals surface area contributed by atoms with Crippen LogP contribution < -0.4 is 16.0 Å². The normalized spacial score (nSPS) is 11.4.